The predicted molar refractivity (Wildman–Crippen MR) is 64.4 cm³/mol. The Bertz CT molecular complexity index is 559. The molecule has 0 bridgehead atoms. The van der Waals surface area contributed by atoms with E-state index < -0.39 is 0 Å². The van der Waals surface area contributed by atoms with Gasteiger partial charge in [0.1, 0.15) is 3.57 Å². The number of nitrogens with two attached hydrogens (primary N) is 1. The minimum absolute atomic E-state index is 0.111. The highest BCUT2D eigenvalue weighted by atomic mass is 127. The van der Waals surface area contributed by atoms with E-state index in [1.807, 2.05) is 29.5 Å². The van der Waals surface area contributed by atoms with E-state index in [0.717, 1.165) is 5.69 Å². The van der Waals surface area contributed by atoms with Crippen molar-refractivity contribution in [3.63, 3.8) is 0 Å². The number of hydrogen-bond acceptors (Lipinski definition) is 4. The second-order valence-corrected chi connectivity index (χ2v) is 4.18. The number of halogens is 1. The van der Waals surface area contributed by atoms with E-state index in [2.05, 4.69) is 10.1 Å². The Balaban J connectivity index is 2.65. The van der Waals surface area contributed by atoms with Crippen molar-refractivity contribution < 1.29 is 4.52 Å². The molecule has 15 heavy (non-hydrogen) atoms. The first-order chi connectivity index (χ1) is 7.09. The Morgan fingerprint density at radius 2 is 2.33 bits per heavy atom. The van der Waals surface area contributed by atoms with Crippen molar-refractivity contribution in [1.29, 1.82) is 0 Å². The summed E-state index contributed by atoms with van der Waals surface area (Å²) in [6.45, 7) is 1.81. The Morgan fingerprint density at radius 3 is 2.87 bits per heavy atom. The maximum Gasteiger partial charge on any atom is 0.192 e. The first-order valence-corrected chi connectivity index (χ1v) is 5.28. The maximum absolute atomic E-state index is 11.7. The smallest absolute Gasteiger partial charge is 0.192 e. The van der Waals surface area contributed by atoms with Gasteiger partial charge in [0.2, 0.25) is 0 Å². The van der Waals surface area contributed by atoms with Crippen LogP contribution in [0.3, 0.4) is 0 Å². The van der Waals surface area contributed by atoms with Crippen LogP contribution in [0.15, 0.2) is 21.6 Å². The topological polar surface area (TPSA) is 84.9 Å². The summed E-state index contributed by atoms with van der Waals surface area (Å²) in [5.74, 6) is 0.708. The quantitative estimate of drug-likeness (QED) is 0.781. The number of nitrogen functional groups attached to an aromatic ring is 1. The Morgan fingerprint density at radius 1 is 1.60 bits per heavy atom. The van der Waals surface area contributed by atoms with Crippen molar-refractivity contribution in [2.45, 2.75) is 6.92 Å². The lowest BCUT2D eigenvalue weighted by atomic mass is 10.2. The molecule has 0 unspecified atom stereocenters. The Hall–Kier alpha value is -1.31. The standard InChI is InChI=1S/C9H8IN3O2/c1-4-2-6(14)5(3-12-4)8-7(10)9(11)13-15-8/h2-3H,1H3,(H2,11,13)(H,12,14). The number of aromatic amines is 1. The number of aromatic nitrogens is 2. The van der Waals surface area contributed by atoms with Crippen LogP contribution in [0.1, 0.15) is 5.69 Å². The van der Waals surface area contributed by atoms with Crippen LogP contribution in [0.2, 0.25) is 0 Å². The monoisotopic (exact) mass is 317 g/mol. The molecule has 2 heterocycles. The van der Waals surface area contributed by atoms with Gasteiger partial charge in [-0.05, 0) is 29.5 Å². The van der Waals surface area contributed by atoms with Gasteiger partial charge in [-0.2, -0.15) is 0 Å². The summed E-state index contributed by atoms with van der Waals surface area (Å²) < 4.78 is 5.65. The third-order valence-corrected chi connectivity index (χ3v) is 3.00. The van der Waals surface area contributed by atoms with Crippen molar-refractivity contribution in [2.24, 2.45) is 0 Å². The molecule has 0 radical (unpaired) electrons. The van der Waals surface area contributed by atoms with E-state index in [4.69, 9.17) is 10.3 Å². The molecule has 0 aromatic carbocycles. The highest BCUT2D eigenvalue weighted by molar-refractivity contribution is 14.1. The van der Waals surface area contributed by atoms with Gasteiger partial charge in [-0.1, -0.05) is 5.16 Å². The SMILES string of the molecule is Cc1cc(=O)c(-c2onc(N)c2I)c[nH]1. The van der Waals surface area contributed by atoms with Crippen molar-refractivity contribution in [1.82, 2.24) is 10.1 Å². The van der Waals surface area contributed by atoms with Gasteiger partial charge in [0.15, 0.2) is 17.0 Å². The summed E-state index contributed by atoms with van der Waals surface area (Å²) in [7, 11) is 0. The molecule has 0 fully saturated rings. The molecule has 0 spiro atoms. The highest BCUT2D eigenvalue weighted by Gasteiger charge is 2.15. The zero-order valence-corrected chi connectivity index (χ0v) is 10.0. The second kappa shape index (κ2) is 3.69. The summed E-state index contributed by atoms with van der Waals surface area (Å²) in [5.41, 5.74) is 6.66. The normalized spacial score (nSPS) is 10.5. The molecule has 78 valence electrons. The summed E-state index contributed by atoms with van der Waals surface area (Å²) in [5, 5.41) is 3.60. The number of pyridine rings is 1. The van der Waals surface area contributed by atoms with E-state index in [1.54, 1.807) is 6.20 Å². The average molecular weight is 317 g/mol. The number of rotatable bonds is 1. The molecule has 2 rings (SSSR count). The van der Waals surface area contributed by atoms with Crippen LogP contribution < -0.4 is 11.2 Å². The summed E-state index contributed by atoms with van der Waals surface area (Å²) in [4.78, 5) is 14.6. The van der Waals surface area contributed by atoms with Gasteiger partial charge in [0, 0.05) is 18.0 Å². The molecule has 0 atom stereocenters. The van der Waals surface area contributed by atoms with Crippen molar-refractivity contribution in [2.75, 3.05) is 5.73 Å². The first-order valence-electron chi connectivity index (χ1n) is 4.20. The molecule has 0 aliphatic rings. The minimum atomic E-state index is -0.111. The van der Waals surface area contributed by atoms with Crippen molar-refractivity contribution in [3.8, 4) is 11.3 Å². The number of aryl methyl sites for hydroxylation is 1. The number of nitrogens with zero attached hydrogens (tertiary/aromatic N) is 1. The van der Waals surface area contributed by atoms with E-state index in [0.29, 0.717) is 20.7 Å². The maximum atomic E-state index is 11.7. The van der Waals surface area contributed by atoms with E-state index in [1.165, 1.54) is 6.07 Å². The van der Waals surface area contributed by atoms with Gasteiger partial charge in [-0.15, -0.1) is 0 Å². The predicted octanol–water partition coefficient (Wildman–Crippen LogP) is 1.53. The molecule has 0 aliphatic heterocycles. The molecule has 0 amide bonds. The summed E-state index contributed by atoms with van der Waals surface area (Å²) in [6, 6.07) is 1.50. The van der Waals surface area contributed by atoms with E-state index in [-0.39, 0.29) is 5.43 Å². The highest BCUT2D eigenvalue weighted by Crippen LogP contribution is 2.26. The van der Waals surface area contributed by atoms with Gasteiger partial charge in [-0.3, -0.25) is 4.79 Å². The van der Waals surface area contributed by atoms with Crippen LogP contribution in [0.5, 0.6) is 0 Å². The van der Waals surface area contributed by atoms with Crippen LogP contribution in [-0.2, 0) is 0 Å². The van der Waals surface area contributed by atoms with Crippen LogP contribution in [0, 0.1) is 10.5 Å². The third kappa shape index (κ3) is 1.76. The van der Waals surface area contributed by atoms with E-state index >= 15 is 0 Å². The minimum Gasteiger partial charge on any atom is -0.380 e. The average Bonchev–Trinajstić information content (AvgIpc) is 2.49. The molecular formula is C9H8IN3O2. The van der Waals surface area contributed by atoms with Gasteiger partial charge in [0.05, 0.1) is 5.56 Å². The molecule has 5 nitrogen and oxygen atoms in total. The van der Waals surface area contributed by atoms with Gasteiger partial charge in [0.25, 0.3) is 0 Å². The van der Waals surface area contributed by atoms with Crippen LogP contribution >= 0.6 is 22.6 Å². The molecule has 6 heteroatoms. The molecule has 3 N–H and O–H groups in total. The molecule has 0 saturated heterocycles. The lowest BCUT2D eigenvalue weighted by Gasteiger charge is -1.96. The summed E-state index contributed by atoms with van der Waals surface area (Å²) in [6.07, 6.45) is 1.60. The number of anilines is 1. The van der Waals surface area contributed by atoms with Gasteiger partial charge >= 0.3 is 0 Å². The zero-order chi connectivity index (χ0) is 11.0. The van der Waals surface area contributed by atoms with Crippen LogP contribution in [-0.4, -0.2) is 10.1 Å². The number of hydrogen-bond donors (Lipinski definition) is 2. The fraction of sp³-hybridized carbons (Fsp3) is 0.111. The lowest BCUT2D eigenvalue weighted by molar-refractivity contribution is 0.435. The first kappa shape index (κ1) is 10.2. The number of nitrogens with one attached hydrogen (secondary N) is 1. The third-order valence-electron chi connectivity index (χ3n) is 1.96. The van der Waals surface area contributed by atoms with Crippen LogP contribution in [0.25, 0.3) is 11.3 Å². The molecule has 2 aromatic rings. The summed E-state index contributed by atoms with van der Waals surface area (Å²) >= 11 is 1.99. The largest absolute Gasteiger partial charge is 0.380 e. The van der Waals surface area contributed by atoms with Gasteiger partial charge < -0.3 is 15.2 Å². The Kier molecular flexibility index (Phi) is 2.51. The van der Waals surface area contributed by atoms with Crippen molar-refractivity contribution in [3.05, 3.63) is 31.8 Å². The second-order valence-electron chi connectivity index (χ2n) is 3.10. The lowest BCUT2D eigenvalue weighted by Crippen LogP contribution is -2.05. The Labute approximate surface area is 98.8 Å². The van der Waals surface area contributed by atoms with E-state index in [9.17, 15) is 4.79 Å². The molecule has 0 saturated carbocycles. The van der Waals surface area contributed by atoms with Crippen molar-refractivity contribution >= 4 is 28.4 Å². The molecule has 2 aromatic heterocycles. The zero-order valence-electron chi connectivity index (χ0n) is 7.87. The molecule has 0 aliphatic carbocycles. The van der Waals surface area contributed by atoms with Crippen LogP contribution in [0.4, 0.5) is 5.82 Å². The molecular weight excluding hydrogens is 309 g/mol. The fourth-order valence-electron chi connectivity index (χ4n) is 1.21. The fourth-order valence-corrected chi connectivity index (χ4v) is 1.70. The number of H-pyrrole nitrogens is 1. The van der Waals surface area contributed by atoms with Gasteiger partial charge in [-0.25, -0.2) is 0 Å².